The largest absolute Gasteiger partial charge is 1.00 e. The van der Waals surface area contributed by atoms with Crippen molar-refractivity contribution in [2.24, 2.45) is 0 Å². The number of rotatable bonds is 9. The summed E-state index contributed by atoms with van der Waals surface area (Å²) >= 11 is 0. The second kappa shape index (κ2) is 11.0. The van der Waals surface area contributed by atoms with Crippen molar-refractivity contribution >= 4 is 11.7 Å². The van der Waals surface area contributed by atoms with Gasteiger partial charge in [0.2, 0.25) is 11.5 Å². The zero-order chi connectivity index (χ0) is 19.8. The molecule has 154 valence electrons. The first-order chi connectivity index (χ1) is 13.6. The molecular weight excluding hydrogens is 401 g/mol. The Morgan fingerprint density at radius 1 is 1.07 bits per heavy atom. The lowest BCUT2D eigenvalue weighted by molar-refractivity contribution is -0.0000155. The average Bonchev–Trinajstić information content (AvgIpc) is 3.14. The van der Waals surface area contributed by atoms with Crippen molar-refractivity contribution in [3.05, 3.63) is 71.2 Å². The third kappa shape index (κ3) is 6.16. The summed E-state index contributed by atoms with van der Waals surface area (Å²) in [4.78, 5) is 11.8. The summed E-state index contributed by atoms with van der Waals surface area (Å²) in [5.74, 6) is -0.124. The van der Waals surface area contributed by atoms with E-state index in [9.17, 15) is 9.18 Å². The Morgan fingerprint density at radius 2 is 1.79 bits per heavy atom. The molecular formula is C19H20ClFN5O3-. The number of halogens is 2. The Balaban J connectivity index is 0.00000300. The summed E-state index contributed by atoms with van der Waals surface area (Å²) in [6, 6.07) is 14.0. The van der Waals surface area contributed by atoms with Crippen LogP contribution in [0.3, 0.4) is 0 Å². The molecule has 4 N–H and O–H groups in total. The van der Waals surface area contributed by atoms with Gasteiger partial charge in [-0.1, -0.05) is 36.4 Å². The van der Waals surface area contributed by atoms with Gasteiger partial charge < -0.3 is 33.5 Å². The lowest BCUT2D eigenvalue weighted by atomic mass is 10.2. The average molecular weight is 421 g/mol. The topological polar surface area (TPSA) is 115 Å². The van der Waals surface area contributed by atoms with E-state index in [4.69, 9.17) is 10.5 Å². The minimum absolute atomic E-state index is 0. The predicted molar refractivity (Wildman–Crippen MR) is 99.9 cm³/mol. The highest BCUT2D eigenvalue weighted by Gasteiger charge is 2.14. The molecule has 1 amide bonds. The van der Waals surface area contributed by atoms with Gasteiger partial charge in [0.05, 0.1) is 0 Å². The fourth-order valence-electron chi connectivity index (χ4n) is 2.49. The molecule has 0 fully saturated rings. The summed E-state index contributed by atoms with van der Waals surface area (Å²) in [6.45, 7) is 1.55. The van der Waals surface area contributed by atoms with Crippen LogP contribution >= 0.6 is 0 Å². The molecule has 8 nitrogen and oxygen atoms in total. The minimum Gasteiger partial charge on any atom is -1.00 e. The SMILES string of the molecule is Nc1nonc1C(=O)NCCNCc1ccccc1OCc1ccccc1F.[Cl-]. The highest BCUT2D eigenvalue weighted by molar-refractivity contribution is 5.95. The number of hydrogen-bond donors (Lipinski definition) is 3. The van der Waals surface area contributed by atoms with E-state index in [1.54, 1.807) is 18.2 Å². The Morgan fingerprint density at radius 3 is 2.52 bits per heavy atom. The number of carbonyl (C=O) groups excluding carboxylic acids is 1. The molecule has 0 radical (unpaired) electrons. The van der Waals surface area contributed by atoms with Crippen LogP contribution in [0, 0.1) is 5.82 Å². The van der Waals surface area contributed by atoms with E-state index >= 15 is 0 Å². The normalized spacial score (nSPS) is 10.2. The van der Waals surface area contributed by atoms with E-state index in [1.165, 1.54) is 6.07 Å². The number of benzene rings is 2. The number of nitrogens with one attached hydrogen (secondary N) is 2. The Bertz CT molecular complexity index is 937. The van der Waals surface area contributed by atoms with Crippen molar-refractivity contribution in [2.45, 2.75) is 13.2 Å². The quantitative estimate of drug-likeness (QED) is 0.376. The lowest BCUT2D eigenvalue weighted by Crippen LogP contribution is -3.00. The first-order valence-electron chi connectivity index (χ1n) is 8.66. The van der Waals surface area contributed by atoms with E-state index in [0.29, 0.717) is 30.9 Å². The van der Waals surface area contributed by atoms with Gasteiger partial charge in [-0.15, -0.1) is 0 Å². The van der Waals surface area contributed by atoms with Crippen molar-refractivity contribution < 1.29 is 31.0 Å². The number of ether oxygens (including phenoxy) is 1. The third-order valence-corrected chi connectivity index (χ3v) is 3.95. The summed E-state index contributed by atoms with van der Waals surface area (Å²) in [5, 5.41) is 12.7. The predicted octanol–water partition coefficient (Wildman–Crippen LogP) is -1.11. The smallest absolute Gasteiger partial charge is 0.277 e. The van der Waals surface area contributed by atoms with Crippen molar-refractivity contribution in [1.29, 1.82) is 0 Å². The zero-order valence-electron chi connectivity index (χ0n) is 15.4. The Hall–Kier alpha value is -3.17. The third-order valence-electron chi connectivity index (χ3n) is 3.95. The first kappa shape index (κ1) is 22.1. The molecule has 29 heavy (non-hydrogen) atoms. The van der Waals surface area contributed by atoms with E-state index in [-0.39, 0.29) is 36.3 Å². The van der Waals surface area contributed by atoms with E-state index in [1.807, 2.05) is 24.3 Å². The monoisotopic (exact) mass is 420 g/mol. The second-order valence-electron chi connectivity index (χ2n) is 5.92. The fourth-order valence-corrected chi connectivity index (χ4v) is 2.49. The number of nitrogen functional groups attached to an aromatic ring is 1. The molecule has 1 aromatic heterocycles. The number of amides is 1. The standard InChI is InChI=1S/C19H20FN5O3.ClH/c20-15-7-3-1-6-14(15)12-27-16-8-4-2-5-13(16)11-22-9-10-23-19(26)17-18(21)25-28-24-17;/h1-8,22H,9-12H2,(H2,21,25)(H,23,26);1H/p-1. The molecule has 0 aliphatic rings. The number of aromatic nitrogens is 2. The van der Waals surface area contributed by atoms with Crippen LogP contribution in [-0.4, -0.2) is 29.3 Å². The first-order valence-corrected chi connectivity index (χ1v) is 8.66. The number of nitrogens with zero attached hydrogens (tertiary/aromatic N) is 2. The van der Waals surface area contributed by atoms with Gasteiger partial charge in [-0.3, -0.25) is 4.79 Å². The summed E-state index contributed by atoms with van der Waals surface area (Å²) in [6.07, 6.45) is 0. The van der Waals surface area contributed by atoms with Crippen molar-refractivity contribution in [1.82, 2.24) is 20.9 Å². The molecule has 0 bridgehead atoms. The number of para-hydroxylation sites is 1. The highest BCUT2D eigenvalue weighted by atomic mass is 35.5. The van der Waals surface area contributed by atoms with Gasteiger partial charge in [-0.05, 0) is 22.4 Å². The summed E-state index contributed by atoms with van der Waals surface area (Å²) in [5.41, 5.74) is 6.85. The summed E-state index contributed by atoms with van der Waals surface area (Å²) < 4.78 is 23.9. The van der Waals surface area contributed by atoms with Crippen molar-refractivity contribution in [2.75, 3.05) is 18.8 Å². The molecule has 1 heterocycles. The maximum absolute atomic E-state index is 13.7. The molecule has 0 aliphatic heterocycles. The molecule has 0 spiro atoms. The minimum atomic E-state index is -0.450. The second-order valence-corrected chi connectivity index (χ2v) is 5.92. The fraction of sp³-hybridized carbons (Fsp3) is 0.211. The van der Waals surface area contributed by atoms with Gasteiger partial charge in [0.1, 0.15) is 18.2 Å². The van der Waals surface area contributed by atoms with E-state index in [0.717, 1.165) is 5.56 Å². The molecule has 3 rings (SSSR count). The van der Waals surface area contributed by atoms with Crippen LogP contribution in [0.25, 0.3) is 0 Å². The Kier molecular flexibility index (Phi) is 8.38. The zero-order valence-corrected chi connectivity index (χ0v) is 16.2. The maximum atomic E-state index is 13.7. The lowest BCUT2D eigenvalue weighted by Gasteiger charge is -2.13. The number of carbonyl (C=O) groups is 1. The maximum Gasteiger partial charge on any atom is 0.277 e. The van der Waals surface area contributed by atoms with Crippen LogP contribution in [0.1, 0.15) is 21.6 Å². The molecule has 0 saturated carbocycles. The number of hydrogen-bond acceptors (Lipinski definition) is 7. The van der Waals surface area contributed by atoms with Crippen molar-refractivity contribution in [3.8, 4) is 5.75 Å². The van der Waals surface area contributed by atoms with Gasteiger partial charge in [0.25, 0.3) is 5.91 Å². The molecule has 0 aliphatic carbocycles. The van der Waals surface area contributed by atoms with Gasteiger partial charge >= 0.3 is 0 Å². The van der Waals surface area contributed by atoms with Crippen LogP contribution in [0.2, 0.25) is 0 Å². The molecule has 3 aromatic rings. The van der Waals surface area contributed by atoms with Crippen LogP contribution in [0.5, 0.6) is 5.75 Å². The van der Waals surface area contributed by atoms with Gasteiger partial charge in [0, 0.05) is 30.8 Å². The van der Waals surface area contributed by atoms with Gasteiger partial charge in [-0.2, -0.15) is 0 Å². The Labute approximate surface area is 173 Å². The molecule has 0 saturated heterocycles. The highest BCUT2D eigenvalue weighted by Crippen LogP contribution is 2.20. The molecule has 2 aromatic carbocycles. The number of nitrogens with two attached hydrogens (primary N) is 1. The van der Waals surface area contributed by atoms with E-state index < -0.39 is 5.91 Å². The number of anilines is 1. The molecule has 0 atom stereocenters. The van der Waals surface area contributed by atoms with Crippen LogP contribution < -0.4 is 33.5 Å². The van der Waals surface area contributed by atoms with Crippen molar-refractivity contribution in [3.63, 3.8) is 0 Å². The van der Waals surface area contributed by atoms with Crippen LogP contribution in [0.4, 0.5) is 10.2 Å². The van der Waals surface area contributed by atoms with Crippen LogP contribution in [0.15, 0.2) is 53.2 Å². The van der Waals surface area contributed by atoms with E-state index in [2.05, 4.69) is 25.6 Å². The molecule has 0 unspecified atom stereocenters. The molecule has 10 heteroatoms. The van der Waals surface area contributed by atoms with Gasteiger partial charge in [-0.25, -0.2) is 9.02 Å². The summed E-state index contributed by atoms with van der Waals surface area (Å²) in [7, 11) is 0. The van der Waals surface area contributed by atoms with Crippen LogP contribution in [-0.2, 0) is 13.2 Å². The van der Waals surface area contributed by atoms with Gasteiger partial charge in [0.15, 0.2) is 0 Å².